The predicted octanol–water partition coefficient (Wildman–Crippen LogP) is 1.29. The van der Waals surface area contributed by atoms with Crippen LogP contribution in [0.3, 0.4) is 0 Å². The monoisotopic (exact) mass is 452 g/mol. The lowest BCUT2D eigenvalue weighted by Crippen LogP contribution is -2.45. The number of carbonyl (C=O) groups is 2. The summed E-state index contributed by atoms with van der Waals surface area (Å²) in [5.74, 6) is -6.28. The van der Waals surface area contributed by atoms with E-state index in [-0.39, 0.29) is 24.4 Å². The fraction of sp³-hybridized carbons (Fsp3) is 0.600. The number of sulfone groups is 1. The number of halogens is 2. The van der Waals surface area contributed by atoms with Gasteiger partial charge in [-0.15, -0.1) is 0 Å². The fourth-order valence-electron chi connectivity index (χ4n) is 4.37. The molecule has 3 aliphatic rings. The summed E-state index contributed by atoms with van der Waals surface area (Å²) < 4.78 is 53.4. The number of pyridine rings is 1. The van der Waals surface area contributed by atoms with Crippen molar-refractivity contribution in [1.29, 1.82) is 5.26 Å². The quantitative estimate of drug-likeness (QED) is 0.719. The van der Waals surface area contributed by atoms with Gasteiger partial charge in [0.25, 0.3) is 5.92 Å². The summed E-state index contributed by atoms with van der Waals surface area (Å²) in [7, 11) is -3.93. The first-order chi connectivity index (χ1) is 14.6. The van der Waals surface area contributed by atoms with Crippen LogP contribution in [0.2, 0.25) is 0 Å². The van der Waals surface area contributed by atoms with E-state index in [1.807, 2.05) is 6.07 Å². The highest BCUT2D eigenvalue weighted by Gasteiger charge is 2.53. The zero-order valence-electron chi connectivity index (χ0n) is 16.6. The Morgan fingerprint density at radius 3 is 2.45 bits per heavy atom. The predicted molar refractivity (Wildman–Crippen MR) is 103 cm³/mol. The van der Waals surface area contributed by atoms with E-state index in [2.05, 4.69) is 10.3 Å². The van der Waals surface area contributed by atoms with Gasteiger partial charge in [-0.25, -0.2) is 22.2 Å². The zero-order chi connectivity index (χ0) is 22.4. The summed E-state index contributed by atoms with van der Waals surface area (Å²) in [5.41, 5.74) is -0.983. The van der Waals surface area contributed by atoms with Crippen molar-refractivity contribution in [2.75, 3.05) is 13.1 Å². The number of alkyl halides is 2. The first-order valence-corrected chi connectivity index (χ1v) is 11.7. The number of aromatic nitrogens is 1. The number of likely N-dealkylation sites (tertiary alicyclic amines) is 1. The molecule has 1 unspecified atom stereocenters. The summed E-state index contributed by atoms with van der Waals surface area (Å²) in [6.45, 7) is -0.882. The van der Waals surface area contributed by atoms with Crippen LogP contribution in [0.4, 0.5) is 8.78 Å². The van der Waals surface area contributed by atoms with Crippen LogP contribution in [-0.2, 0) is 19.4 Å². The zero-order valence-corrected chi connectivity index (χ0v) is 17.4. The Morgan fingerprint density at radius 1 is 1.19 bits per heavy atom. The topological polar surface area (TPSA) is 120 Å². The average molecular weight is 452 g/mol. The van der Waals surface area contributed by atoms with Gasteiger partial charge in [-0.1, -0.05) is 6.07 Å². The molecule has 2 amide bonds. The molecule has 1 aromatic heterocycles. The van der Waals surface area contributed by atoms with E-state index in [0.29, 0.717) is 12.8 Å². The van der Waals surface area contributed by atoms with Crippen LogP contribution in [0.15, 0.2) is 29.4 Å². The van der Waals surface area contributed by atoms with Gasteiger partial charge in [-0.05, 0) is 37.8 Å². The van der Waals surface area contributed by atoms with Crippen LogP contribution in [0, 0.1) is 23.2 Å². The number of nitrogens with one attached hydrogen (secondary N) is 1. The highest BCUT2D eigenvalue weighted by atomic mass is 32.2. The lowest BCUT2D eigenvalue weighted by molar-refractivity contribution is -0.141. The Bertz CT molecular complexity index is 1040. The van der Waals surface area contributed by atoms with E-state index in [9.17, 15) is 32.0 Å². The van der Waals surface area contributed by atoms with Crippen molar-refractivity contribution in [1.82, 2.24) is 15.2 Å². The van der Waals surface area contributed by atoms with Crippen LogP contribution in [0.5, 0.6) is 0 Å². The van der Waals surface area contributed by atoms with E-state index in [1.165, 1.54) is 18.3 Å². The summed E-state index contributed by atoms with van der Waals surface area (Å²) in [4.78, 5) is 30.9. The molecule has 11 heteroatoms. The summed E-state index contributed by atoms with van der Waals surface area (Å²) in [6.07, 6.45) is 1.55. The van der Waals surface area contributed by atoms with Crippen molar-refractivity contribution in [2.24, 2.45) is 11.8 Å². The van der Waals surface area contributed by atoms with E-state index in [0.717, 1.165) is 4.90 Å². The molecule has 2 saturated carbocycles. The smallest absolute Gasteiger partial charge is 0.267 e. The average Bonchev–Trinajstić information content (AvgIpc) is 3.19. The van der Waals surface area contributed by atoms with Crippen molar-refractivity contribution in [3.8, 4) is 6.07 Å². The maximum atomic E-state index is 13.6. The van der Waals surface area contributed by atoms with Gasteiger partial charge in [0.2, 0.25) is 11.8 Å². The van der Waals surface area contributed by atoms with Gasteiger partial charge in [-0.2, -0.15) is 5.26 Å². The number of amides is 2. The number of hydrogen-bond donors (Lipinski definition) is 1. The molecule has 31 heavy (non-hydrogen) atoms. The Hall–Kier alpha value is -2.61. The molecule has 1 aromatic rings. The lowest BCUT2D eigenvalue weighted by atomic mass is 9.93. The molecule has 166 valence electrons. The first-order valence-electron chi connectivity index (χ1n) is 10.1. The Labute approximate surface area is 178 Å². The molecule has 1 aliphatic heterocycles. The Kier molecular flexibility index (Phi) is 5.24. The van der Waals surface area contributed by atoms with Crippen LogP contribution in [0.25, 0.3) is 0 Å². The van der Waals surface area contributed by atoms with E-state index in [1.54, 1.807) is 6.07 Å². The van der Waals surface area contributed by atoms with Crippen LogP contribution >= 0.6 is 0 Å². The summed E-state index contributed by atoms with van der Waals surface area (Å²) in [6, 6.07) is 6.47. The number of nitrogens with zero attached hydrogens (tertiary/aromatic N) is 3. The molecule has 3 fully saturated rings. The molecule has 0 radical (unpaired) electrons. The standard InChI is InChI=1S/C20H22F2N4O4S/c21-20(22)6-8-26(12-20)18(28)15-10-13(31(29,30)16-3-1-2-7-24-16)9-14(15)17(27)25-19(11-23)4-5-19/h1-3,7,13-15H,4-6,8-10,12H2,(H,25,27)/t13?,14-,15-/m1/s1. The molecule has 2 heterocycles. The molecule has 0 spiro atoms. The molecule has 1 N–H and O–H groups in total. The summed E-state index contributed by atoms with van der Waals surface area (Å²) >= 11 is 0. The molecule has 1 saturated heterocycles. The van der Waals surface area contributed by atoms with Crippen LogP contribution in [-0.4, -0.2) is 59.9 Å². The normalized spacial score (nSPS) is 28.7. The highest BCUT2D eigenvalue weighted by Crippen LogP contribution is 2.42. The Balaban J connectivity index is 1.60. The van der Waals surface area contributed by atoms with Gasteiger partial charge >= 0.3 is 0 Å². The van der Waals surface area contributed by atoms with E-state index in [4.69, 9.17) is 0 Å². The highest BCUT2D eigenvalue weighted by molar-refractivity contribution is 7.92. The van der Waals surface area contributed by atoms with Crippen molar-refractivity contribution in [2.45, 2.75) is 53.8 Å². The first kappa shape index (κ1) is 21.6. The number of nitriles is 1. The van der Waals surface area contributed by atoms with Crippen molar-refractivity contribution in [3.63, 3.8) is 0 Å². The number of hydrogen-bond acceptors (Lipinski definition) is 6. The van der Waals surface area contributed by atoms with Gasteiger partial charge in [0.05, 0.1) is 29.7 Å². The molecule has 3 atom stereocenters. The fourth-order valence-corrected chi connectivity index (χ4v) is 6.11. The second-order valence-electron chi connectivity index (χ2n) is 8.57. The second-order valence-corrected chi connectivity index (χ2v) is 10.7. The third-order valence-corrected chi connectivity index (χ3v) is 8.44. The molecular formula is C20H22F2N4O4S. The van der Waals surface area contributed by atoms with Crippen molar-refractivity contribution in [3.05, 3.63) is 24.4 Å². The van der Waals surface area contributed by atoms with Crippen molar-refractivity contribution >= 4 is 21.7 Å². The van der Waals surface area contributed by atoms with Crippen LogP contribution < -0.4 is 5.32 Å². The number of carbonyl (C=O) groups excluding carboxylic acids is 2. The molecule has 4 rings (SSSR count). The molecular weight excluding hydrogens is 430 g/mol. The minimum atomic E-state index is -3.93. The maximum Gasteiger partial charge on any atom is 0.267 e. The molecule has 0 bridgehead atoms. The SMILES string of the molecule is N#CC1(NC(=O)[C@@H]2CC(S(=O)(=O)c3ccccn3)C[C@H]2C(=O)N2CCC(F)(F)C2)CC1. The molecule has 8 nitrogen and oxygen atoms in total. The second kappa shape index (κ2) is 7.51. The lowest BCUT2D eigenvalue weighted by Gasteiger charge is -2.24. The molecule has 0 aromatic carbocycles. The third kappa shape index (κ3) is 4.13. The largest absolute Gasteiger partial charge is 0.338 e. The van der Waals surface area contributed by atoms with Gasteiger partial charge in [0.15, 0.2) is 14.9 Å². The minimum absolute atomic E-state index is 0.132. The maximum absolute atomic E-state index is 13.6. The van der Waals surface area contributed by atoms with E-state index >= 15 is 0 Å². The minimum Gasteiger partial charge on any atom is -0.338 e. The van der Waals surface area contributed by atoms with Gasteiger partial charge in [0, 0.05) is 19.2 Å². The van der Waals surface area contributed by atoms with Gasteiger partial charge in [0.1, 0.15) is 5.54 Å². The van der Waals surface area contributed by atoms with E-state index < -0.39 is 63.2 Å². The Morgan fingerprint density at radius 2 is 1.90 bits per heavy atom. The summed E-state index contributed by atoms with van der Waals surface area (Å²) in [5, 5.41) is 10.7. The van der Waals surface area contributed by atoms with Gasteiger partial charge < -0.3 is 10.2 Å². The van der Waals surface area contributed by atoms with Gasteiger partial charge in [-0.3, -0.25) is 9.59 Å². The van der Waals surface area contributed by atoms with Crippen molar-refractivity contribution < 1.29 is 26.8 Å². The molecule has 2 aliphatic carbocycles. The number of rotatable bonds is 5. The van der Waals surface area contributed by atoms with Crippen LogP contribution in [0.1, 0.15) is 32.1 Å². The third-order valence-electron chi connectivity index (χ3n) is 6.35.